The van der Waals surface area contributed by atoms with Crippen LogP contribution in [0.2, 0.25) is 5.02 Å². The van der Waals surface area contributed by atoms with Gasteiger partial charge in [-0.3, -0.25) is 4.79 Å². The Kier molecular flexibility index (Phi) is 5.03. The molecule has 0 aliphatic heterocycles. The number of halogens is 3. The van der Waals surface area contributed by atoms with E-state index in [9.17, 15) is 13.6 Å². The number of rotatable bonds is 4. The van der Waals surface area contributed by atoms with Gasteiger partial charge in [0.1, 0.15) is 0 Å². The number of nitrogen functional groups attached to an aromatic ring is 1. The standard InChI is InChI=1S/C14H11ClF2N2OS/c15-8-5-6-9(10(18)7-8)13(20)19-11-3-1-2-4-12(11)21-14(16)17/h1-7,14H,18H2,(H,19,20). The van der Waals surface area contributed by atoms with Gasteiger partial charge in [-0.1, -0.05) is 35.5 Å². The molecule has 110 valence electrons. The maximum atomic E-state index is 12.5. The van der Waals surface area contributed by atoms with Crippen LogP contribution in [-0.2, 0) is 0 Å². The molecule has 3 nitrogen and oxygen atoms in total. The van der Waals surface area contributed by atoms with Crippen LogP contribution in [0.1, 0.15) is 10.4 Å². The van der Waals surface area contributed by atoms with Gasteiger partial charge in [-0.15, -0.1) is 0 Å². The van der Waals surface area contributed by atoms with Crippen molar-refractivity contribution in [3.63, 3.8) is 0 Å². The molecule has 7 heteroatoms. The third kappa shape index (κ3) is 4.09. The fourth-order valence-electron chi connectivity index (χ4n) is 1.70. The first-order chi connectivity index (χ1) is 9.97. The van der Waals surface area contributed by atoms with E-state index in [1.54, 1.807) is 18.2 Å². The molecule has 0 unspecified atom stereocenters. The summed E-state index contributed by atoms with van der Waals surface area (Å²) in [5, 5.41) is 2.99. The van der Waals surface area contributed by atoms with Crippen molar-refractivity contribution in [1.29, 1.82) is 0 Å². The quantitative estimate of drug-likeness (QED) is 0.642. The van der Waals surface area contributed by atoms with E-state index in [4.69, 9.17) is 17.3 Å². The van der Waals surface area contributed by atoms with E-state index in [1.807, 2.05) is 0 Å². The molecule has 0 bridgehead atoms. The van der Waals surface area contributed by atoms with E-state index >= 15 is 0 Å². The molecule has 0 aliphatic carbocycles. The van der Waals surface area contributed by atoms with Crippen molar-refractivity contribution in [2.24, 2.45) is 0 Å². The van der Waals surface area contributed by atoms with Crippen LogP contribution in [0.4, 0.5) is 20.2 Å². The molecule has 2 aromatic rings. The summed E-state index contributed by atoms with van der Waals surface area (Å²) in [6.07, 6.45) is 0. The molecule has 0 saturated heterocycles. The van der Waals surface area contributed by atoms with Gasteiger partial charge < -0.3 is 11.1 Å². The highest BCUT2D eigenvalue weighted by molar-refractivity contribution is 7.99. The number of para-hydroxylation sites is 1. The summed E-state index contributed by atoms with van der Waals surface area (Å²) in [4.78, 5) is 12.4. The lowest BCUT2D eigenvalue weighted by molar-refractivity contribution is 0.102. The monoisotopic (exact) mass is 328 g/mol. The number of hydrogen-bond donors (Lipinski definition) is 2. The molecule has 21 heavy (non-hydrogen) atoms. The SMILES string of the molecule is Nc1cc(Cl)ccc1C(=O)Nc1ccccc1SC(F)F. The van der Waals surface area contributed by atoms with Crippen LogP contribution in [0.15, 0.2) is 47.4 Å². The van der Waals surface area contributed by atoms with Crippen molar-refractivity contribution >= 4 is 40.6 Å². The number of amides is 1. The molecule has 3 N–H and O–H groups in total. The first-order valence-electron chi connectivity index (χ1n) is 5.87. The fraction of sp³-hybridized carbons (Fsp3) is 0.0714. The molecule has 0 atom stereocenters. The largest absolute Gasteiger partial charge is 0.398 e. The lowest BCUT2D eigenvalue weighted by Crippen LogP contribution is -2.14. The van der Waals surface area contributed by atoms with E-state index in [0.29, 0.717) is 22.5 Å². The summed E-state index contributed by atoms with van der Waals surface area (Å²) in [5.74, 6) is -3.05. The van der Waals surface area contributed by atoms with Crippen molar-refractivity contribution in [3.8, 4) is 0 Å². The van der Waals surface area contributed by atoms with E-state index in [2.05, 4.69) is 5.32 Å². The number of nitrogens with one attached hydrogen (secondary N) is 1. The predicted octanol–water partition coefficient (Wildman–Crippen LogP) is 4.49. The highest BCUT2D eigenvalue weighted by Crippen LogP contribution is 2.32. The normalized spacial score (nSPS) is 10.7. The van der Waals surface area contributed by atoms with E-state index in [1.165, 1.54) is 24.3 Å². The van der Waals surface area contributed by atoms with Gasteiger partial charge in [0.15, 0.2) is 0 Å². The number of benzene rings is 2. The van der Waals surface area contributed by atoms with Crippen LogP contribution in [0, 0.1) is 0 Å². The minimum Gasteiger partial charge on any atom is -0.398 e. The average Bonchev–Trinajstić information content (AvgIpc) is 2.40. The van der Waals surface area contributed by atoms with Gasteiger partial charge in [-0.2, -0.15) is 8.78 Å². The Morgan fingerprint density at radius 1 is 1.24 bits per heavy atom. The minimum absolute atomic E-state index is 0.221. The number of nitrogens with two attached hydrogens (primary N) is 1. The Bertz CT molecular complexity index is 667. The number of anilines is 2. The van der Waals surface area contributed by atoms with E-state index in [0.717, 1.165) is 0 Å². The van der Waals surface area contributed by atoms with Gasteiger partial charge >= 0.3 is 0 Å². The third-order valence-corrected chi connectivity index (χ3v) is 3.63. The zero-order valence-electron chi connectivity index (χ0n) is 10.6. The summed E-state index contributed by atoms with van der Waals surface area (Å²) >= 11 is 6.13. The second-order valence-corrected chi connectivity index (χ2v) is 5.53. The van der Waals surface area contributed by atoms with E-state index in [-0.39, 0.29) is 16.1 Å². The first-order valence-corrected chi connectivity index (χ1v) is 7.13. The Hall–Kier alpha value is -1.79. The Morgan fingerprint density at radius 2 is 1.95 bits per heavy atom. The topological polar surface area (TPSA) is 55.1 Å². The molecular formula is C14H11ClF2N2OS. The van der Waals surface area contributed by atoms with Crippen LogP contribution >= 0.6 is 23.4 Å². The molecule has 0 aromatic heterocycles. The maximum Gasteiger partial charge on any atom is 0.288 e. The lowest BCUT2D eigenvalue weighted by atomic mass is 10.1. The van der Waals surface area contributed by atoms with Crippen molar-refractivity contribution in [1.82, 2.24) is 0 Å². The smallest absolute Gasteiger partial charge is 0.288 e. The fourth-order valence-corrected chi connectivity index (χ4v) is 2.47. The highest BCUT2D eigenvalue weighted by atomic mass is 35.5. The molecular weight excluding hydrogens is 318 g/mol. The molecule has 0 fully saturated rings. The van der Waals surface area contributed by atoms with Crippen LogP contribution in [0.5, 0.6) is 0 Å². The van der Waals surface area contributed by atoms with Gasteiger partial charge in [0, 0.05) is 15.6 Å². The van der Waals surface area contributed by atoms with Gasteiger partial charge in [-0.25, -0.2) is 0 Å². The van der Waals surface area contributed by atoms with Crippen molar-refractivity contribution in [2.75, 3.05) is 11.1 Å². The molecule has 2 rings (SSSR count). The third-order valence-electron chi connectivity index (χ3n) is 2.61. The van der Waals surface area contributed by atoms with Crippen molar-refractivity contribution in [3.05, 3.63) is 53.1 Å². The second-order valence-electron chi connectivity index (χ2n) is 4.06. The molecule has 1 amide bonds. The summed E-state index contributed by atoms with van der Waals surface area (Å²) in [5.41, 5.74) is 6.49. The summed E-state index contributed by atoms with van der Waals surface area (Å²) in [7, 11) is 0. The van der Waals surface area contributed by atoms with Gasteiger partial charge in [0.05, 0.1) is 11.3 Å². The van der Waals surface area contributed by atoms with Crippen LogP contribution < -0.4 is 11.1 Å². The molecule has 2 aromatic carbocycles. The van der Waals surface area contributed by atoms with Crippen molar-refractivity contribution < 1.29 is 13.6 Å². The molecule has 0 saturated carbocycles. The summed E-state index contributed by atoms with van der Waals surface area (Å²) in [6, 6.07) is 10.8. The maximum absolute atomic E-state index is 12.5. The van der Waals surface area contributed by atoms with Gasteiger partial charge in [0.25, 0.3) is 11.7 Å². The molecule has 0 aliphatic rings. The van der Waals surface area contributed by atoms with Crippen LogP contribution in [-0.4, -0.2) is 11.7 Å². The summed E-state index contributed by atoms with van der Waals surface area (Å²) in [6.45, 7) is 0. The zero-order chi connectivity index (χ0) is 15.4. The Labute approximate surface area is 129 Å². The predicted molar refractivity (Wildman–Crippen MR) is 82.1 cm³/mol. The van der Waals surface area contributed by atoms with Crippen molar-refractivity contribution in [2.45, 2.75) is 10.7 Å². The number of carbonyl (C=O) groups is 1. The number of hydrogen-bond acceptors (Lipinski definition) is 3. The van der Waals surface area contributed by atoms with Crippen LogP contribution in [0.3, 0.4) is 0 Å². The molecule has 0 heterocycles. The second kappa shape index (κ2) is 6.78. The van der Waals surface area contributed by atoms with Gasteiger partial charge in [-0.05, 0) is 30.3 Å². The van der Waals surface area contributed by atoms with Gasteiger partial charge in [0.2, 0.25) is 0 Å². The number of thioether (sulfide) groups is 1. The van der Waals surface area contributed by atoms with Crippen LogP contribution in [0.25, 0.3) is 0 Å². The Morgan fingerprint density at radius 3 is 2.62 bits per heavy atom. The first kappa shape index (κ1) is 15.6. The number of carbonyl (C=O) groups excluding carboxylic acids is 1. The molecule has 0 radical (unpaired) electrons. The number of alkyl halides is 2. The Balaban J connectivity index is 2.23. The minimum atomic E-state index is -2.57. The molecule has 0 spiro atoms. The summed E-state index contributed by atoms with van der Waals surface area (Å²) < 4.78 is 25.0. The zero-order valence-corrected chi connectivity index (χ0v) is 12.2. The highest BCUT2D eigenvalue weighted by Gasteiger charge is 2.14. The average molecular weight is 329 g/mol. The van der Waals surface area contributed by atoms with E-state index < -0.39 is 11.7 Å². The lowest BCUT2D eigenvalue weighted by Gasteiger charge is -2.11.